The quantitative estimate of drug-likeness (QED) is 0.157. The third-order valence-electron chi connectivity index (χ3n) is 3.20. The first kappa shape index (κ1) is 19.5. The fourth-order valence-electron chi connectivity index (χ4n) is 2.01. The molecule has 0 aliphatic carbocycles. The van der Waals surface area contributed by atoms with Crippen molar-refractivity contribution in [3.8, 4) is 17.2 Å². The van der Waals surface area contributed by atoms with Crippen molar-refractivity contribution in [1.29, 1.82) is 0 Å². The van der Waals surface area contributed by atoms with Gasteiger partial charge >= 0.3 is 160 Å². The van der Waals surface area contributed by atoms with E-state index in [1.807, 2.05) is 0 Å². The number of hydrogen-bond acceptors (Lipinski definition) is 3. The van der Waals surface area contributed by atoms with Crippen molar-refractivity contribution < 1.29 is 31.1 Å². The van der Waals surface area contributed by atoms with Gasteiger partial charge in [-0.05, 0) is 0 Å². The van der Waals surface area contributed by atoms with Gasteiger partial charge in [0.15, 0.2) is 0 Å². The van der Waals surface area contributed by atoms with Gasteiger partial charge in [0, 0.05) is 0 Å². The Morgan fingerprint density at radius 1 is 0.630 bits per heavy atom. The minimum absolute atomic E-state index is 0.309. The van der Waals surface area contributed by atoms with Crippen LogP contribution in [0.3, 0.4) is 0 Å². The Labute approximate surface area is 160 Å². The molecular weight excluding hydrogens is 450 g/mol. The molecule has 0 saturated carbocycles. The van der Waals surface area contributed by atoms with Crippen LogP contribution < -0.4 is 13.6 Å². The van der Waals surface area contributed by atoms with Crippen LogP contribution in [0.1, 0.15) is 0 Å². The molecule has 0 amide bonds. The van der Waals surface area contributed by atoms with E-state index in [1.54, 1.807) is 60.7 Å². The third-order valence-corrected chi connectivity index (χ3v) is 5.90. The van der Waals surface area contributed by atoms with Gasteiger partial charge in [-0.1, -0.05) is 0 Å². The molecule has 0 radical (unpaired) electrons. The van der Waals surface area contributed by atoms with Gasteiger partial charge in [0.25, 0.3) is 0 Å². The first-order chi connectivity index (χ1) is 12.9. The van der Waals surface area contributed by atoms with Crippen LogP contribution in [0.15, 0.2) is 66.7 Å². The van der Waals surface area contributed by atoms with Crippen molar-refractivity contribution in [2.24, 2.45) is 0 Å². The molecule has 0 heterocycles. The molecule has 3 rings (SSSR count). The number of halogens is 4. The van der Waals surface area contributed by atoms with Crippen LogP contribution in [-0.2, 0) is 0 Å². The molecule has 0 N–H and O–H groups in total. The molecule has 140 valence electrons. The molecule has 0 atom stereocenters. The second kappa shape index (κ2) is 8.17. The Kier molecular flexibility index (Phi) is 5.90. The molecule has 9 heteroatoms. The number of benzene rings is 3. The van der Waals surface area contributed by atoms with Crippen molar-refractivity contribution in [2.45, 2.75) is 0 Å². The Hall–Kier alpha value is -2.27. The zero-order valence-corrected chi connectivity index (χ0v) is 16.1. The molecule has 3 aromatic carbocycles. The Bertz CT molecular complexity index is 941. The van der Waals surface area contributed by atoms with Crippen molar-refractivity contribution in [1.82, 2.24) is 0 Å². The van der Waals surface area contributed by atoms with Crippen molar-refractivity contribution >= 4 is 21.3 Å². The van der Waals surface area contributed by atoms with Crippen molar-refractivity contribution in [3.63, 3.8) is 0 Å². The molecule has 0 spiro atoms. The predicted molar refractivity (Wildman–Crippen MR) is 93.7 cm³/mol. The van der Waals surface area contributed by atoms with Crippen LogP contribution in [0.5, 0.6) is 17.2 Å². The molecule has 3 aromatic rings. The molecule has 0 aliphatic heterocycles. The summed E-state index contributed by atoms with van der Waals surface area (Å²) in [6.07, 6.45) is -3.54. The van der Waals surface area contributed by atoms with Crippen LogP contribution in [0.2, 0.25) is 0 Å². The van der Waals surface area contributed by atoms with E-state index in [0.717, 1.165) is 0 Å². The van der Waals surface area contributed by atoms with Crippen LogP contribution in [-0.4, -0.2) is 15.1 Å². The SMILES string of the molecule is Fc1cc(OP(=[Se])(Oc2ccccc2)Oc2ccccc2)c(F)c(F)c1F. The van der Waals surface area contributed by atoms with Gasteiger partial charge in [-0.3, -0.25) is 0 Å². The summed E-state index contributed by atoms with van der Waals surface area (Å²) in [7, 11) is 0. The first-order valence-corrected chi connectivity index (χ1v) is 11.3. The summed E-state index contributed by atoms with van der Waals surface area (Å²) in [5.74, 6) is -7.48. The zero-order valence-electron chi connectivity index (χ0n) is 13.4. The number of rotatable bonds is 6. The summed E-state index contributed by atoms with van der Waals surface area (Å²) in [6, 6.07) is 17.0. The molecular formula is C18H11F4O3PSe. The van der Waals surface area contributed by atoms with E-state index in [9.17, 15) is 17.6 Å². The summed E-state index contributed by atoms with van der Waals surface area (Å²) >= 11 is 2.56. The van der Waals surface area contributed by atoms with E-state index in [1.165, 1.54) is 0 Å². The first-order valence-electron chi connectivity index (χ1n) is 7.50. The molecule has 0 aromatic heterocycles. The molecule has 0 saturated heterocycles. The standard InChI is InChI=1S/C18H11F4O3PSe/c19-14-11-15(17(21)18(22)16(14)20)25-26(27,23-12-7-3-1-4-8-12)24-13-9-5-2-6-10-13/h1-11H. The van der Waals surface area contributed by atoms with Gasteiger partial charge in [-0.15, -0.1) is 0 Å². The second-order valence-corrected chi connectivity index (χ2v) is 9.40. The molecule has 27 heavy (non-hydrogen) atoms. The molecule has 0 fully saturated rings. The summed E-state index contributed by atoms with van der Waals surface area (Å²) in [6.45, 7) is 0. The molecule has 3 nitrogen and oxygen atoms in total. The van der Waals surface area contributed by atoms with Gasteiger partial charge in [-0.2, -0.15) is 0 Å². The fraction of sp³-hybridized carbons (Fsp3) is 0. The zero-order chi connectivity index (χ0) is 19.4. The van der Waals surface area contributed by atoms with Crippen LogP contribution in [0.4, 0.5) is 17.6 Å². The summed E-state index contributed by atoms with van der Waals surface area (Å²) in [5, 5.41) is 0. The Morgan fingerprint density at radius 3 is 1.59 bits per heavy atom. The second-order valence-electron chi connectivity index (χ2n) is 5.15. The normalized spacial score (nSPS) is 11.1. The average molecular weight is 461 g/mol. The van der Waals surface area contributed by atoms with Crippen molar-refractivity contribution in [2.75, 3.05) is 0 Å². The van der Waals surface area contributed by atoms with E-state index in [0.29, 0.717) is 17.6 Å². The number of para-hydroxylation sites is 2. The van der Waals surface area contributed by atoms with Gasteiger partial charge in [0.1, 0.15) is 0 Å². The summed E-state index contributed by atoms with van der Waals surface area (Å²) in [4.78, 5) is 0. The Balaban J connectivity index is 1.98. The van der Waals surface area contributed by atoms with Crippen LogP contribution in [0, 0.1) is 23.3 Å². The van der Waals surface area contributed by atoms with Crippen LogP contribution in [0.25, 0.3) is 0 Å². The van der Waals surface area contributed by atoms with Gasteiger partial charge in [0.05, 0.1) is 0 Å². The fourth-order valence-corrected chi connectivity index (χ4v) is 4.85. The average Bonchev–Trinajstić information content (AvgIpc) is 2.66. The molecule has 0 aliphatic rings. The summed E-state index contributed by atoms with van der Waals surface area (Å²) < 4.78 is 71.0. The van der Waals surface area contributed by atoms with E-state index in [-0.39, 0.29) is 0 Å². The number of hydrogen-bond donors (Lipinski definition) is 0. The summed E-state index contributed by atoms with van der Waals surface area (Å²) in [5.41, 5.74) is 0. The molecule has 0 bridgehead atoms. The minimum atomic E-state index is -3.54. The van der Waals surface area contributed by atoms with E-state index < -0.39 is 35.2 Å². The third kappa shape index (κ3) is 4.72. The monoisotopic (exact) mass is 462 g/mol. The Morgan fingerprint density at radius 2 is 1.11 bits per heavy atom. The van der Waals surface area contributed by atoms with Crippen molar-refractivity contribution in [3.05, 3.63) is 90.0 Å². The van der Waals surface area contributed by atoms with Gasteiger partial charge in [-0.25, -0.2) is 0 Å². The van der Waals surface area contributed by atoms with Gasteiger partial charge < -0.3 is 0 Å². The van der Waals surface area contributed by atoms with E-state index >= 15 is 0 Å². The predicted octanol–water partition coefficient (Wildman–Crippen LogP) is 5.63. The van der Waals surface area contributed by atoms with Crippen LogP contribution >= 0.6 is 6.19 Å². The van der Waals surface area contributed by atoms with E-state index in [2.05, 4.69) is 15.1 Å². The topological polar surface area (TPSA) is 27.7 Å². The maximum atomic E-state index is 14.0. The van der Waals surface area contributed by atoms with Gasteiger partial charge in [0.2, 0.25) is 0 Å². The van der Waals surface area contributed by atoms with E-state index in [4.69, 9.17) is 13.6 Å². The maximum absolute atomic E-state index is 14.0. The molecule has 0 unspecified atom stereocenters.